The first-order chi connectivity index (χ1) is 13.6. The first-order valence-corrected chi connectivity index (χ1v) is 9.59. The van der Waals surface area contributed by atoms with E-state index in [9.17, 15) is 9.90 Å². The lowest BCUT2D eigenvalue weighted by Crippen LogP contribution is -2.25. The van der Waals surface area contributed by atoms with Crippen LogP contribution in [-0.4, -0.2) is 22.6 Å². The maximum Gasteiger partial charge on any atom is 0.162 e. The van der Waals surface area contributed by atoms with Crippen LogP contribution in [0.15, 0.2) is 83.9 Å². The molecule has 3 nitrogen and oxygen atoms in total. The van der Waals surface area contributed by atoms with E-state index in [-0.39, 0.29) is 23.5 Å². The number of aromatic hydroxyl groups is 1. The minimum absolute atomic E-state index is 0.0422. The van der Waals surface area contributed by atoms with E-state index in [2.05, 4.69) is 31.2 Å². The molecule has 4 rings (SSSR count). The Kier molecular flexibility index (Phi) is 5.07. The molecule has 0 aromatic heterocycles. The van der Waals surface area contributed by atoms with E-state index in [4.69, 9.17) is 4.99 Å². The Hall–Kier alpha value is -3.20. The number of hydrogen-bond acceptors (Lipinski definition) is 3. The third-order valence-corrected chi connectivity index (χ3v) is 5.35. The Morgan fingerprint density at radius 2 is 1.64 bits per heavy atom. The summed E-state index contributed by atoms with van der Waals surface area (Å²) in [7, 11) is 0. The molecule has 3 aromatic rings. The SMILES string of the molecule is Cc1ccc(C2CC(c3ccc(O)cc3)=NC2C(=O)Cc2ccccc2)cc1. The molecule has 140 valence electrons. The van der Waals surface area contributed by atoms with Crippen LogP contribution < -0.4 is 0 Å². The van der Waals surface area contributed by atoms with Crippen molar-refractivity contribution in [1.29, 1.82) is 0 Å². The second-order valence-corrected chi connectivity index (χ2v) is 7.42. The molecule has 3 heteroatoms. The van der Waals surface area contributed by atoms with Crippen molar-refractivity contribution in [3.8, 4) is 5.75 Å². The Morgan fingerprint density at radius 3 is 2.32 bits per heavy atom. The number of Topliss-reactive ketones (excluding diaryl/α,β-unsaturated/α-hetero) is 1. The van der Waals surface area contributed by atoms with Gasteiger partial charge in [0.1, 0.15) is 11.8 Å². The highest BCUT2D eigenvalue weighted by molar-refractivity contribution is 6.05. The number of carbonyl (C=O) groups is 1. The highest BCUT2D eigenvalue weighted by atomic mass is 16.3. The van der Waals surface area contributed by atoms with E-state index in [0.29, 0.717) is 6.42 Å². The normalized spacial score (nSPS) is 18.7. The summed E-state index contributed by atoms with van der Waals surface area (Å²) in [4.78, 5) is 18.0. The van der Waals surface area contributed by atoms with Crippen molar-refractivity contribution >= 4 is 11.5 Å². The summed E-state index contributed by atoms with van der Waals surface area (Å²) in [6.45, 7) is 2.06. The van der Waals surface area contributed by atoms with Crippen molar-refractivity contribution in [3.05, 3.63) is 101 Å². The standard InChI is InChI=1S/C25H23NO2/c1-17-7-9-19(10-8-17)22-16-23(20-11-13-21(27)14-12-20)26-25(22)24(28)15-18-5-3-2-4-6-18/h2-14,22,25,27H,15-16H2,1H3. The first-order valence-electron chi connectivity index (χ1n) is 9.59. The lowest BCUT2D eigenvalue weighted by Gasteiger charge is -2.18. The molecule has 1 heterocycles. The molecule has 0 radical (unpaired) electrons. The fourth-order valence-electron chi connectivity index (χ4n) is 3.79. The van der Waals surface area contributed by atoms with Crippen LogP contribution in [-0.2, 0) is 11.2 Å². The van der Waals surface area contributed by atoms with Crippen LogP contribution in [0.2, 0.25) is 0 Å². The van der Waals surface area contributed by atoms with Gasteiger partial charge in [0.05, 0.1) is 0 Å². The van der Waals surface area contributed by atoms with Crippen molar-refractivity contribution in [2.45, 2.75) is 31.7 Å². The lowest BCUT2D eigenvalue weighted by atomic mass is 9.85. The van der Waals surface area contributed by atoms with Crippen LogP contribution in [0.1, 0.15) is 34.6 Å². The molecule has 3 aromatic carbocycles. The number of nitrogens with zero attached hydrogens (tertiary/aromatic N) is 1. The molecule has 0 saturated heterocycles. The largest absolute Gasteiger partial charge is 0.508 e. The van der Waals surface area contributed by atoms with Gasteiger partial charge in [-0.15, -0.1) is 0 Å². The smallest absolute Gasteiger partial charge is 0.162 e. The van der Waals surface area contributed by atoms with E-state index in [1.54, 1.807) is 12.1 Å². The number of benzene rings is 3. The Balaban J connectivity index is 1.65. The first kappa shape index (κ1) is 18.2. The number of rotatable bonds is 5. The molecule has 1 N–H and O–H groups in total. The van der Waals surface area contributed by atoms with Gasteiger partial charge < -0.3 is 5.11 Å². The highest BCUT2D eigenvalue weighted by Gasteiger charge is 2.35. The van der Waals surface area contributed by atoms with Crippen molar-refractivity contribution in [3.63, 3.8) is 0 Å². The maximum atomic E-state index is 13.1. The number of aryl methyl sites for hydroxylation is 1. The van der Waals surface area contributed by atoms with E-state index in [1.165, 1.54) is 5.56 Å². The van der Waals surface area contributed by atoms with Gasteiger partial charge >= 0.3 is 0 Å². The minimum atomic E-state index is -0.383. The van der Waals surface area contributed by atoms with E-state index < -0.39 is 0 Å². The van der Waals surface area contributed by atoms with E-state index >= 15 is 0 Å². The summed E-state index contributed by atoms with van der Waals surface area (Å²) in [5.41, 5.74) is 5.26. The fraction of sp³-hybridized carbons (Fsp3) is 0.200. The monoisotopic (exact) mass is 369 g/mol. The Labute approximate surface area is 165 Å². The molecule has 2 unspecified atom stereocenters. The molecule has 28 heavy (non-hydrogen) atoms. The predicted molar refractivity (Wildman–Crippen MR) is 112 cm³/mol. The quantitative estimate of drug-likeness (QED) is 0.698. The van der Waals surface area contributed by atoms with Gasteiger partial charge in [0, 0.05) is 18.1 Å². The molecular formula is C25H23NO2. The third-order valence-electron chi connectivity index (χ3n) is 5.35. The number of phenols is 1. The number of carbonyl (C=O) groups excluding carboxylic acids is 1. The molecule has 2 atom stereocenters. The van der Waals surface area contributed by atoms with Gasteiger partial charge in [0.25, 0.3) is 0 Å². The zero-order valence-electron chi connectivity index (χ0n) is 15.9. The topological polar surface area (TPSA) is 49.7 Å². The summed E-state index contributed by atoms with van der Waals surface area (Å²) < 4.78 is 0. The summed E-state index contributed by atoms with van der Waals surface area (Å²) in [6, 6.07) is 24.9. The summed E-state index contributed by atoms with van der Waals surface area (Å²) in [5, 5.41) is 9.57. The van der Waals surface area contributed by atoms with Gasteiger partial charge in [-0.2, -0.15) is 0 Å². The predicted octanol–water partition coefficient (Wildman–Crippen LogP) is 4.86. The number of aliphatic imine (C=N–C) groups is 1. The molecule has 1 aliphatic heterocycles. The second kappa shape index (κ2) is 7.81. The number of hydrogen-bond donors (Lipinski definition) is 1. The zero-order chi connectivity index (χ0) is 19.5. The van der Waals surface area contributed by atoms with E-state index in [1.807, 2.05) is 42.5 Å². The summed E-state index contributed by atoms with van der Waals surface area (Å²) >= 11 is 0. The van der Waals surface area contributed by atoms with Gasteiger partial charge in [0.2, 0.25) is 0 Å². The fourth-order valence-corrected chi connectivity index (χ4v) is 3.79. The van der Waals surface area contributed by atoms with Gasteiger partial charge in [0.15, 0.2) is 5.78 Å². The van der Waals surface area contributed by atoms with Crippen molar-refractivity contribution in [1.82, 2.24) is 0 Å². The lowest BCUT2D eigenvalue weighted by molar-refractivity contribution is -0.119. The molecule has 0 bridgehead atoms. The Bertz CT molecular complexity index is 989. The molecule has 1 aliphatic rings. The number of ketones is 1. The average molecular weight is 369 g/mol. The molecular weight excluding hydrogens is 346 g/mol. The van der Waals surface area contributed by atoms with Crippen molar-refractivity contribution in [2.24, 2.45) is 4.99 Å². The molecule has 0 spiro atoms. The van der Waals surface area contributed by atoms with Crippen molar-refractivity contribution in [2.75, 3.05) is 0 Å². The second-order valence-electron chi connectivity index (χ2n) is 7.42. The molecule has 0 fully saturated rings. The zero-order valence-corrected chi connectivity index (χ0v) is 15.9. The van der Waals surface area contributed by atoms with Crippen LogP contribution in [0, 0.1) is 6.92 Å². The van der Waals surface area contributed by atoms with Crippen LogP contribution >= 0.6 is 0 Å². The average Bonchev–Trinajstić information content (AvgIpc) is 3.15. The highest BCUT2D eigenvalue weighted by Crippen LogP contribution is 2.35. The number of phenolic OH excluding ortho intramolecular Hbond substituents is 1. The minimum Gasteiger partial charge on any atom is -0.508 e. The molecule has 0 aliphatic carbocycles. The maximum absolute atomic E-state index is 13.1. The van der Waals surface area contributed by atoms with Crippen LogP contribution in [0.3, 0.4) is 0 Å². The summed E-state index contributed by atoms with van der Waals surface area (Å²) in [5.74, 6) is 0.417. The molecule has 0 amide bonds. The van der Waals surface area contributed by atoms with Gasteiger partial charge in [-0.25, -0.2) is 0 Å². The molecule has 0 saturated carbocycles. The third kappa shape index (κ3) is 3.89. The van der Waals surface area contributed by atoms with E-state index in [0.717, 1.165) is 28.8 Å². The Morgan fingerprint density at radius 1 is 0.964 bits per heavy atom. The summed E-state index contributed by atoms with van der Waals surface area (Å²) in [6.07, 6.45) is 1.11. The van der Waals surface area contributed by atoms with Gasteiger partial charge in [-0.05, 0) is 54.3 Å². The van der Waals surface area contributed by atoms with Crippen LogP contribution in [0.5, 0.6) is 5.75 Å². The van der Waals surface area contributed by atoms with Crippen LogP contribution in [0.25, 0.3) is 0 Å². The van der Waals surface area contributed by atoms with Gasteiger partial charge in [-0.1, -0.05) is 60.2 Å². The van der Waals surface area contributed by atoms with Crippen LogP contribution in [0.4, 0.5) is 0 Å². The van der Waals surface area contributed by atoms with Crippen molar-refractivity contribution < 1.29 is 9.90 Å². The van der Waals surface area contributed by atoms with Gasteiger partial charge in [-0.3, -0.25) is 9.79 Å².